The zero-order chi connectivity index (χ0) is 15.3. The van der Waals surface area contributed by atoms with E-state index in [9.17, 15) is 4.79 Å². The van der Waals surface area contributed by atoms with Gasteiger partial charge in [0.15, 0.2) is 0 Å². The van der Waals surface area contributed by atoms with E-state index in [1.54, 1.807) is 10.9 Å². The highest BCUT2D eigenvalue weighted by atomic mass is 16.2. The summed E-state index contributed by atoms with van der Waals surface area (Å²) in [4.78, 5) is 13.9. The highest BCUT2D eigenvalue weighted by molar-refractivity contribution is 5.78. The predicted octanol–water partition coefficient (Wildman–Crippen LogP) is 0.512. The standard InChI is InChI=1S/C14H27N5O/c1-10(2)6-16-13(20)9-18(4)14(11(3)15)12-7-17-19(5)8-12/h7-8,10-11,14H,6,9,15H2,1-5H3,(H,16,20). The molecular formula is C14H27N5O. The van der Waals surface area contributed by atoms with Crippen molar-refractivity contribution >= 4 is 5.91 Å². The van der Waals surface area contributed by atoms with Crippen LogP contribution in [0.5, 0.6) is 0 Å². The quantitative estimate of drug-likeness (QED) is 0.763. The van der Waals surface area contributed by atoms with Gasteiger partial charge in [-0.15, -0.1) is 0 Å². The highest BCUT2D eigenvalue weighted by Crippen LogP contribution is 2.21. The van der Waals surface area contributed by atoms with Gasteiger partial charge in [0.25, 0.3) is 0 Å². The number of rotatable bonds is 7. The Morgan fingerprint density at radius 1 is 1.50 bits per heavy atom. The third-order valence-corrected chi connectivity index (χ3v) is 3.14. The average molecular weight is 281 g/mol. The molecule has 0 saturated carbocycles. The van der Waals surface area contributed by atoms with Crippen LogP contribution < -0.4 is 11.1 Å². The van der Waals surface area contributed by atoms with Crippen LogP contribution >= 0.6 is 0 Å². The fourth-order valence-corrected chi connectivity index (χ4v) is 2.25. The topological polar surface area (TPSA) is 76.2 Å². The Labute approximate surface area is 121 Å². The van der Waals surface area contributed by atoms with Crippen LogP contribution in [-0.4, -0.2) is 46.8 Å². The van der Waals surface area contributed by atoms with E-state index in [2.05, 4.69) is 24.3 Å². The SMILES string of the molecule is CC(C)CNC(=O)CN(C)C(c1cnn(C)c1)C(C)N. The first-order valence-electron chi connectivity index (χ1n) is 7.02. The Kier molecular flexibility index (Phi) is 6.16. The number of hydrogen-bond donors (Lipinski definition) is 2. The van der Waals surface area contributed by atoms with Gasteiger partial charge in [-0.3, -0.25) is 14.4 Å². The molecule has 114 valence electrons. The van der Waals surface area contributed by atoms with Crippen LogP contribution in [0.2, 0.25) is 0 Å². The van der Waals surface area contributed by atoms with E-state index >= 15 is 0 Å². The van der Waals surface area contributed by atoms with Crippen LogP contribution in [0.15, 0.2) is 12.4 Å². The fourth-order valence-electron chi connectivity index (χ4n) is 2.25. The van der Waals surface area contributed by atoms with Crippen molar-refractivity contribution in [3.63, 3.8) is 0 Å². The smallest absolute Gasteiger partial charge is 0.234 e. The number of nitrogens with one attached hydrogen (secondary N) is 1. The van der Waals surface area contributed by atoms with Crippen molar-refractivity contribution in [1.82, 2.24) is 20.0 Å². The molecule has 0 fully saturated rings. The predicted molar refractivity (Wildman–Crippen MR) is 80.1 cm³/mol. The lowest BCUT2D eigenvalue weighted by Crippen LogP contribution is -2.43. The molecule has 0 aliphatic rings. The lowest BCUT2D eigenvalue weighted by molar-refractivity contribution is -0.122. The third kappa shape index (κ3) is 4.94. The van der Waals surface area contributed by atoms with Crippen LogP contribution in [-0.2, 0) is 11.8 Å². The van der Waals surface area contributed by atoms with Gasteiger partial charge in [-0.05, 0) is 19.9 Å². The lowest BCUT2D eigenvalue weighted by Gasteiger charge is -2.29. The molecule has 2 unspecified atom stereocenters. The van der Waals surface area contributed by atoms with Crippen molar-refractivity contribution < 1.29 is 4.79 Å². The summed E-state index contributed by atoms with van der Waals surface area (Å²) in [6.45, 7) is 7.12. The van der Waals surface area contributed by atoms with Gasteiger partial charge < -0.3 is 11.1 Å². The summed E-state index contributed by atoms with van der Waals surface area (Å²) < 4.78 is 1.75. The lowest BCUT2D eigenvalue weighted by atomic mass is 10.0. The normalized spacial score (nSPS) is 14.6. The number of nitrogens with zero attached hydrogens (tertiary/aromatic N) is 3. The molecule has 0 aliphatic carbocycles. The van der Waals surface area contributed by atoms with Crippen molar-refractivity contribution in [2.45, 2.75) is 32.9 Å². The van der Waals surface area contributed by atoms with Crippen LogP contribution in [0.4, 0.5) is 0 Å². The zero-order valence-electron chi connectivity index (χ0n) is 13.1. The molecule has 0 saturated heterocycles. The molecule has 1 heterocycles. The second kappa shape index (κ2) is 7.40. The molecule has 0 aromatic carbocycles. The molecule has 6 heteroatoms. The first-order chi connectivity index (χ1) is 9.31. The summed E-state index contributed by atoms with van der Waals surface area (Å²) in [6, 6.07) is -0.101. The number of aromatic nitrogens is 2. The van der Waals surface area contributed by atoms with Gasteiger partial charge in [0, 0.05) is 31.4 Å². The Morgan fingerprint density at radius 2 is 2.15 bits per heavy atom. The molecule has 0 radical (unpaired) electrons. The van der Waals surface area contributed by atoms with Crippen LogP contribution in [0, 0.1) is 5.92 Å². The molecule has 20 heavy (non-hydrogen) atoms. The van der Waals surface area contributed by atoms with Crippen molar-refractivity contribution in [2.24, 2.45) is 18.7 Å². The summed E-state index contributed by atoms with van der Waals surface area (Å²) in [5, 5.41) is 7.10. The second-order valence-electron chi connectivity index (χ2n) is 5.86. The number of likely N-dealkylation sites (N-methyl/N-ethyl adjacent to an activating group) is 1. The molecule has 0 bridgehead atoms. The van der Waals surface area contributed by atoms with E-state index in [0.717, 1.165) is 5.56 Å². The maximum absolute atomic E-state index is 11.9. The van der Waals surface area contributed by atoms with Crippen molar-refractivity contribution in [1.29, 1.82) is 0 Å². The van der Waals surface area contributed by atoms with Crippen LogP contribution in [0.25, 0.3) is 0 Å². The minimum atomic E-state index is -0.0814. The number of aryl methyl sites for hydroxylation is 1. The van der Waals surface area contributed by atoms with Gasteiger partial charge in [-0.2, -0.15) is 5.10 Å². The highest BCUT2D eigenvalue weighted by Gasteiger charge is 2.24. The maximum Gasteiger partial charge on any atom is 0.234 e. The summed E-state index contributed by atoms with van der Waals surface area (Å²) in [7, 11) is 3.78. The number of carbonyl (C=O) groups is 1. The molecular weight excluding hydrogens is 254 g/mol. The van der Waals surface area contributed by atoms with Gasteiger partial charge in [-0.1, -0.05) is 13.8 Å². The van der Waals surface area contributed by atoms with Gasteiger partial charge in [0.05, 0.1) is 18.8 Å². The molecule has 1 rings (SSSR count). The van der Waals surface area contributed by atoms with E-state index in [0.29, 0.717) is 19.0 Å². The first kappa shape index (κ1) is 16.7. The summed E-state index contributed by atoms with van der Waals surface area (Å²) in [5.41, 5.74) is 7.10. The Bertz CT molecular complexity index is 427. The van der Waals surface area contributed by atoms with Crippen LogP contribution in [0.1, 0.15) is 32.4 Å². The minimum Gasteiger partial charge on any atom is -0.355 e. The summed E-state index contributed by atoms with van der Waals surface area (Å²) in [5.74, 6) is 0.475. The molecule has 1 amide bonds. The van der Waals surface area contributed by atoms with E-state index in [4.69, 9.17) is 5.73 Å². The largest absolute Gasteiger partial charge is 0.355 e. The molecule has 6 nitrogen and oxygen atoms in total. The van der Waals surface area contributed by atoms with Crippen molar-refractivity contribution in [3.8, 4) is 0 Å². The second-order valence-corrected chi connectivity index (χ2v) is 5.86. The third-order valence-electron chi connectivity index (χ3n) is 3.14. The molecule has 2 atom stereocenters. The van der Waals surface area contributed by atoms with Crippen molar-refractivity contribution in [3.05, 3.63) is 18.0 Å². The van der Waals surface area contributed by atoms with Crippen molar-refractivity contribution in [2.75, 3.05) is 20.1 Å². The maximum atomic E-state index is 11.9. The van der Waals surface area contributed by atoms with Gasteiger partial charge >= 0.3 is 0 Å². The number of carbonyl (C=O) groups excluding carboxylic acids is 1. The molecule has 1 aromatic rings. The van der Waals surface area contributed by atoms with E-state index in [-0.39, 0.29) is 18.0 Å². The molecule has 0 spiro atoms. The fraction of sp³-hybridized carbons (Fsp3) is 0.714. The van der Waals surface area contributed by atoms with Gasteiger partial charge in [0.2, 0.25) is 5.91 Å². The molecule has 0 aliphatic heterocycles. The Hall–Kier alpha value is -1.40. The number of nitrogens with two attached hydrogens (primary N) is 1. The van der Waals surface area contributed by atoms with E-state index in [1.807, 2.05) is 32.1 Å². The number of amides is 1. The molecule has 3 N–H and O–H groups in total. The monoisotopic (exact) mass is 281 g/mol. The van der Waals surface area contributed by atoms with E-state index < -0.39 is 0 Å². The van der Waals surface area contributed by atoms with Gasteiger partial charge in [0.1, 0.15) is 0 Å². The zero-order valence-corrected chi connectivity index (χ0v) is 13.1. The number of hydrogen-bond acceptors (Lipinski definition) is 4. The van der Waals surface area contributed by atoms with Crippen LogP contribution in [0.3, 0.4) is 0 Å². The summed E-state index contributed by atoms with van der Waals surface area (Å²) >= 11 is 0. The van der Waals surface area contributed by atoms with Gasteiger partial charge in [-0.25, -0.2) is 0 Å². The Morgan fingerprint density at radius 3 is 2.60 bits per heavy atom. The average Bonchev–Trinajstić information content (AvgIpc) is 2.72. The summed E-state index contributed by atoms with van der Waals surface area (Å²) in [6.07, 6.45) is 3.74. The first-order valence-corrected chi connectivity index (χ1v) is 7.02. The Balaban J connectivity index is 2.66. The molecule has 1 aromatic heterocycles. The van der Waals surface area contributed by atoms with E-state index in [1.165, 1.54) is 0 Å². The minimum absolute atomic E-state index is 0.0199.